The van der Waals surface area contributed by atoms with Crippen molar-refractivity contribution in [3.05, 3.63) is 83.8 Å². The van der Waals surface area contributed by atoms with Gasteiger partial charge < -0.3 is 26.0 Å². The molecular formula is C29H34N8O2. The monoisotopic (exact) mass is 526 g/mol. The highest BCUT2D eigenvalue weighted by Crippen LogP contribution is 2.34. The molecule has 4 aromatic rings. The molecule has 10 nitrogen and oxygen atoms in total. The molecule has 0 saturated heterocycles. The standard InChI is InChI=1S/C29H34N8O2/c1-29(2)24-14-21(10-11-22(24)27(39)35-29)32-28-30-16-23(20-15-31-37(17-20)13-12-36(3)4)26(34-28)33-25(18-38)19-8-6-5-7-9-19/h5-11,14-17,25,38H,12-13,18H2,1-4H3,(H,35,39)(H2,30,32,33,34)/t25-/m1/s1. The van der Waals surface area contributed by atoms with Crippen molar-refractivity contribution in [2.24, 2.45) is 0 Å². The number of hydrogen-bond donors (Lipinski definition) is 4. The maximum absolute atomic E-state index is 12.3. The quantitative estimate of drug-likeness (QED) is 0.247. The summed E-state index contributed by atoms with van der Waals surface area (Å²) < 4.78 is 1.90. The minimum atomic E-state index is -0.460. The van der Waals surface area contributed by atoms with Gasteiger partial charge >= 0.3 is 0 Å². The molecule has 3 heterocycles. The summed E-state index contributed by atoms with van der Waals surface area (Å²) in [5.74, 6) is 0.887. The summed E-state index contributed by atoms with van der Waals surface area (Å²) in [7, 11) is 4.06. The van der Waals surface area contributed by atoms with Crippen LogP contribution < -0.4 is 16.0 Å². The van der Waals surface area contributed by atoms with Crippen LogP contribution in [0.1, 0.15) is 41.4 Å². The predicted octanol–water partition coefficient (Wildman–Crippen LogP) is 3.77. The van der Waals surface area contributed by atoms with Gasteiger partial charge in [-0.05, 0) is 57.3 Å². The highest BCUT2D eigenvalue weighted by molar-refractivity contribution is 6.00. The van der Waals surface area contributed by atoms with E-state index < -0.39 is 5.54 Å². The number of carbonyl (C=O) groups is 1. The number of anilines is 3. The second-order valence-electron chi connectivity index (χ2n) is 10.5. The van der Waals surface area contributed by atoms with Crippen molar-refractivity contribution in [1.29, 1.82) is 0 Å². The number of benzene rings is 2. The van der Waals surface area contributed by atoms with Crippen LogP contribution in [0.15, 0.2) is 67.1 Å². The van der Waals surface area contributed by atoms with Crippen molar-refractivity contribution in [1.82, 2.24) is 30.0 Å². The Hall–Kier alpha value is -4.28. The first-order valence-electron chi connectivity index (χ1n) is 12.9. The summed E-state index contributed by atoms with van der Waals surface area (Å²) in [4.78, 5) is 23.8. The zero-order chi connectivity index (χ0) is 27.6. The van der Waals surface area contributed by atoms with Crippen LogP contribution >= 0.6 is 0 Å². The number of likely N-dealkylation sites (N-methyl/N-ethyl adjacent to an activating group) is 1. The van der Waals surface area contributed by atoms with Crippen LogP contribution in [-0.2, 0) is 12.1 Å². The highest BCUT2D eigenvalue weighted by atomic mass is 16.3. The van der Waals surface area contributed by atoms with Gasteiger partial charge in [-0.25, -0.2) is 4.98 Å². The van der Waals surface area contributed by atoms with Gasteiger partial charge in [-0.3, -0.25) is 9.48 Å². The van der Waals surface area contributed by atoms with Crippen LogP contribution in [0, 0.1) is 0 Å². The number of amides is 1. The van der Waals surface area contributed by atoms with Gasteiger partial charge in [0, 0.05) is 41.3 Å². The molecular weight excluding hydrogens is 492 g/mol. The lowest BCUT2D eigenvalue weighted by Crippen LogP contribution is -2.32. The zero-order valence-corrected chi connectivity index (χ0v) is 22.6. The molecule has 1 aliphatic rings. The average molecular weight is 527 g/mol. The lowest BCUT2D eigenvalue weighted by atomic mass is 9.94. The average Bonchev–Trinajstić information content (AvgIpc) is 3.48. The van der Waals surface area contributed by atoms with E-state index in [1.54, 1.807) is 12.4 Å². The van der Waals surface area contributed by atoms with Crippen molar-refractivity contribution in [3.63, 3.8) is 0 Å². The number of hydrogen-bond acceptors (Lipinski definition) is 8. The highest BCUT2D eigenvalue weighted by Gasteiger charge is 2.35. The fraction of sp³-hybridized carbons (Fsp3) is 0.310. The maximum atomic E-state index is 12.3. The van der Waals surface area contributed by atoms with E-state index in [0.29, 0.717) is 17.3 Å². The molecule has 0 aliphatic carbocycles. The summed E-state index contributed by atoms with van der Waals surface area (Å²) in [6.45, 7) is 5.46. The number of aliphatic hydroxyl groups excluding tert-OH is 1. The van der Waals surface area contributed by atoms with E-state index >= 15 is 0 Å². The van der Waals surface area contributed by atoms with Gasteiger partial charge in [0.15, 0.2) is 0 Å². The second kappa shape index (κ2) is 10.8. The Morgan fingerprint density at radius 3 is 2.64 bits per heavy atom. The molecule has 202 valence electrons. The molecule has 0 spiro atoms. The van der Waals surface area contributed by atoms with E-state index in [0.717, 1.165) is 41.0 Å². The van der Waals surface area contributed by atoms with Crippen LogP contribution in [0.25, 0.3) is 11.1 Å². The molecule has 0 fully saturated rings. The van der Waals surface area contributed by atoms with Gasteiger partial charge in [-0.1, -0.05) is 30.3 Å². The molecule has 2 aromatic heterocycles. The van der Waals surface area contributed by atoms with E-state index in [1.807, 2.05) is 87.4 Å². The van der Waals surface area contributed by atoms with Gasteiger partial charge in [-0.2, -0.15) is 10.1 Å². The van der Waals surface area contributed by atoms with E-state index in [-0.39, 0.29) is 18.6 Å². The van der Waals surface area contributed by atoms with Crippen LogP contribution in [0.4, 0.5) is 17.5 Å². The number of nitrogens with one attached hydrogen (secondary N) is 3. The topological polar surface area (TPSA) is 120 Å². The van der Waals surface area contributed by atoms with Gasteiger partial charge in [-0.15, -0.1) is 0 Å². The normalized spacial score (nSPS) is 14.7. The number of nitrogens with zero attached hydrogens (tertiary/aromatic N) is 5. The Kier molecular flexibility index (Phi) is 7.32. The first kappa shape index (κ1) is 26.3. The predicted molar refractivity (Wildman–Crippen MR) is 152 cm³/mol. The molecule has 39 heavy (non-hydrogen) atoms. The lowest BCUT2D eigenvalue weighted by molar-refractivity contribution is 0.0940. The molecule has 2 aromatic carbocycles. The first-order valence-corrected chi connectivity index (χ1v) is 12.9. The Bertz CT molecular complexity index is 1470. The molecule has 0 unspecified atom stereocenters. The molecule has 4 N–H and O–H groups in total. The SMILES string of the molecule is CN(C)CCn1cc(-c2cnc(Nc3ccc4c(c3)C(C)(C)NC4=O)nc2N[C@H](CO)c2ccccc2)cn1. The number of aliphatic hydroxyl groups is 1. The van der Waals surface area contributed by atoms with E-state index in [9.17, 15) is 9.90 Å². The summed E-state index contributed by atoms with van der Waals surface area (Å²) in [5, 5.41) is 24.4. The lowest BCUT2D eigenvalue weighted by Gasteiger charge is -2.21. The summed E-state index contributed by atoms with van der Waals surface area (Å²) in [5.41, 5.74) is 4.49. The van der Waals surface area contributed by atoms with Gasteiger partial charge in [0.05, 0.1) is 30.9 Å². The zero-order valence-electron chi connectivity index (χ0n) is 22.6. The fourth-order valence-corrected chi connectivity index (χ4v) is 4.66. The molecule has 10 heteroatoms. The van der Waals surface area contributed by atoms with Gasteiger partial charge in [0.1, 0.15) is 5.82 Å². The number of rotatable bonds is 10. The Morgan fingerprint density at radius 1 is 1.10 bits per heavy atom. The molecule has 1 atom stereocenters. The third kappa shape index (κ3) is 5.76. The van der Waals surface area contributed by atoms with Crippen molar-refractivity contribution < 1.29 is 9.90 Å². The third-order valence-corrected chi connectivity index (χ3v) is 6.82. The number of fused-ring (bicyclic) bond motifs is 1. The van der Waals surface area contributed by atoms with Crippen molar-refractivity contribution in [2.75, 3.05) is 37.9 Å². The largest absolute Gasteiger partial charge is 0.394 e. The second-order valence-corrected chi connectivity index (χ2v) is 10.5. The Labute approximate surface area is 228 Å². The van der Waals surface area contributed by atoms with E-state index in [2.05, 4.69) is 30.9 Å². The molecule has 1 aliphatic heterocycles. The maximum Gasteiger partial charge on any atom is 0.252 e. The first-order chi connectivity index (χ1) is 18.7. The molecule has 1 amide bonds. The minimum Gasteiger partial charge on any atom is -0.394 e. The summed E-state index contributed by atoms with van der Waals surface area (Å²) >= 11 is 0. The fourth-order valence-electron chi connectivity index (χ4n) is 4.66. The Morgan fingerprint density at radius 2 is 1.90 bits per heavy atom. The molecule has 0 radical (unpaired) electrons. The van der Waals surface area contributed by atoms with Crippen molar-refractivity contribution in [3.8, 4) is 11.1 Å². The third-order valence-electron chi connectivity index (χ3n) is 6.82. The van der Waals surface area contributed by atoms with E-state index in [4.69, 9.17) is 4.98 Å². The van der Waals surface area contributed by atoms with Gasteiger partial charge in [0.2, 0.25) is 5.95 Å². The molecule has 0 saturated carbocycles. The van der Waals surface area contributed by atoms with E-state index in [1.165, 1.54) is 0 Å². The van der Waals surface area contributed by atoms with Crippen molar-refractivity contribution >= 4 is 23.4 Å². The minimum absolute atomic E-state index is 0.0734. The van der Waals surface area contributed by atoms with Crippen LogP contribution in [-0.4, -0.2) is 62.9 Å². The summed E-state index contributed by atoms with van der Waals surface area (Å²) in [6.07, 6.45) is 5.53. The molecule has 5 rings (SSSR count). The number of aromatic nitrogens is 4. The van der Waals surface area contributed by atoms with Crippen LogP contribution in [0.3, 0.4) is 0 Å². The molecule has 0 bridgehead atoms. The smallest absolute Gasteiger partial charge is 0.252 e. The summed E-state index contributed by atoms with van der Waals surface area (Å²) in [6, 6.07) is 15.0. The van der Waals surface area contributed by atoms with Crippen LogP contribution in [0.5, 0.6) is 0 Å². The van der Waals surface area contributed by atoms with Crippen LogP contribution in [0.2, 0.25) is 0 Å². The van der Waals surface area contributed by atoms with Gasteiger partial charge in [0.25, 0.3) is 5.91 Å². The number of carbonyl (C=O) groups excluding carboxylic acids is 1. The Balaban J connectivity index is 1.48. The van der Waals surface area contributed by atoms with Crippen molar-refractivity contribution in [2.45, 2.75) is 32.0 Å².